The van der Waals surface area contributed by atoms with Crippen molar-refractivity contribution in [3.05, 3.63) is 59.7 Å². The third-order valence-electron chi connectivity index (χ3n) is 3.33. The van der Waals surface area contributed by atoms with E-state index in [0.29, 0.717) is 5.71 Å². The van der Waals surface area contributed by atoms with Crippen molar-refractivity contribution >= 4 is 11.7 Å². The molecule has 2 rings (SSSR count). The number of nitrogens with zero attached hydrogens (tertiary/aromatic N) is 1. The molecular formula is C17H19N3O. The van der Waals surface area contributed by atoms with E-state index in [1.165, 1.54) is 11.1 Å². The van der Waals surface area contributed by atoms with Crippen molar-refractivity contribution in [1.82, 2.24) is 5.43 Å². The van der Waals surface area contributed by atoms with Gasteiger partial charge in [0.25, 0.3) is 0 Å². The second kappa shape index (κ2) is 6.70. The molecule has 0 atom stereocenters. The zero-order valence-corrected chi connectivity index (χ0v) is 12.3. The molecule has 0 spiro atoms. The normalized spacial score (nSPS) is 11.2. The molecule has 0 saturated heterocycles. The highest BCUT2D eigenvalue weighted by atomic mass is 16.2. The first-order valence-corrected chi connectivity index (χ1v) is 6.89. The van der Waals surface area contributed by atoms with Crippen LogP contribution in [0.3, 0.4) is 0 Å². The molecule has 0 fully saturated rings. The van der Waals surface area contributed by atoms with Crippen molar-refractivity contribution in [2.24, 2.45) is 10.8 Å². The number of carbonyl (C=O) groups excluding carboxylic acids is 1. The van der Waals surface area contributed by atoms with E-state index in [4.69, 9.17) is 5.73 Å². The molecule has 0 aliphatic rings. The summed E-state index contributed by atoms with van der Waals surface area (Å²) in [6, 6.07) is 15.9. The molecule has 0 saturated carbocycles. The van der Waals surface area contributed by atoms with Crippen LogP contribution in [-0.4, -0.2) is 11.7 Å². The highest BCUT2D eigenvalue weighted by Gasteiger charge is 2.01. The fourth-order valence-electron chi connectivity index (χ4n) is 2.04. The lowest BCUT2D eigenvalue weighted by atomic mass is 10.0. The van der Waals surface area contributed by atoms with Crippen molar-refractivity contribution in [3.8, 4) is 11.1 Å². The summed E-state index contributed by atoms with van der Waals surface area (Å²) in [6.07, 6.45) is 1.04. The van der Waals surface area contributed by atoms with Crippen LogP contribution in [0.25, 0.3) is 11.1 Å². The van der Waals surface area contributed by atoms with Crippen LogP contribution in [0.4, 0.5) is 4.79 Å². The quantitative estimate of drug-likeness (QED) is 0.655. The molecular weight excluding hydrogens is 262 g/mol. The Hall–Kier alpha value is -2.62. The topological polar surface area (TPSA) is 67.5 Å². The summed E-state index contributed by atoms with van der Waals surface area (Å²) in [5, 5.41) is 3.91. The van der Waals surface area contributed by atoms with Gasteiger partial charge in [0.05, 0.1) is 5.71 Å². The lowest BCUT2D eigenvalue weighted by molar-refractivity contribution is 0.249. The number of nitrogens with one attached hydrogen (secondary N) is 1. The van der Waals surface area contributed by atoms with E-state index >= 15 is 0 Å². The molecule has 0 aliphatic carbocycles. The van der Waals surface area contributed by atoms with Gasteiger partial charge in [0.1, 0.15) is 0 Å². The Kier molecular flexibility index (Phi) is 4.72. The van der Waals surface area contributed by atoms with Gasteiger partial charge in [-0.05, 0) is 35.6 Å². The molecule has 2 aromatic rings. The van der Waals surface area contributed by atoms with E-state index in [9.17, 15) is 4.79 Å². The summed E-state index contributed by atoms with van der Waals surface area (Å²) >= 11 is 0. The molecule has 21 heavy (non-hydrogen) atoms. The van der Waals surface area contributed by atoms with Gasteiger partial charge < -0.3 is 5.73 Å². The van der Waals surface area contributed by atoms with E-state index in [1.54, 1.807) is 0 Å². The van der Waals surface area contributed by atoms with Crippen LogP contribution in [0.15, 0.2) is 53.6 Å². The van der Waals surface area contributed by atoms with Gasteiger partial charge in [0.2, 0.25) is 0 Å². The maximum Gasteiger partial charge on any atom is 0.332 e. The zero-order valence-electron chi connectivity index (χ0n) is 12.3. The van der Waals surface area contributed by atoms with Crippen molar-refractivity contribution in [3.63, 3.8) is 0 Å². The van der Waals surface area contributed by atoms with Crippen molar-refractivity contribution in [1.29, 1.82) is 0 Å². The first kappa shape index (κ1) is 14.8. The van der Waals surface area contributed by atoms with E-state index in [2.05, 4.69) is 41.7 Å². The molecule has 0 aliphatic heterocycles. The molecule has 2 amide bonds. The Morgan fingerprint density at radius 2 is 1.57 bits per heavy atom. The summed E-state index contributed by atoms with van der Waals surface area (Å²) in [5.74, 6) is 0. The monoisotopic (exact) mass is 281 g/mol. The third-order valence-corrected chi connectivity index (χ3v) is 3.33. The first-order chi connectivity index (χ1) is 10.1. The van der Waals surface area contributed by atoms with Gasteiger partial charge in [-0.3, -0.25) is 0 Å². The van der Waals surface area contributed by atoms with E-state index in [1.807, 2.05) is 31.2 Å². The molecule has 0 radical (unpaired) electrons. The van der Waals surface area contributed by atoms with Crippen molar-refractivity contribution in [2.45, 2.75) is 20.3 Å². The highest BCUT2D eigenvalue weighted by molar-refractivity contribution is 5.99. The number of hydrogen-bond donors (Lipinski definition) is 2. The first-order valence-electron chi connectivity index (χ1n) is 6.89. The average Bonchev–Trinajstić information content (AvgIpc) is 2.53. The smallest absolute Gasteiger partial charge is 0.332 e. The zero-order chi connectivity index (χ0) is 15.2. The summed E-state index contributed by atoms with van der Waals surface area (Å²) in [7, 11) is 0. The van der Waals surface area contributed by atoms with Gasteiger partial charge >= 0.3 is 6.03 Å². The summed E-state index contributed by atoms with van der Waals surface area (Å²) in [6.45, 7) is 3.97. The number of amides is 2. The molecule has 0 unspecified atom stereocenters. The predicted octanol–water partition coefficient (Wildman–Crippen LogP) is 3.31. The molecule has 4 nitrogen and oxygen atoms in total. The number of urea groups is 1. The Labute approximate surface area is 124 Å². The highest BCUT2D eigenvalue weighted by Crippen LogP contribution is 2.20. The molecule has 0 bridgehead atoms. The largest absolute Gasteiger partial charge is 0.350 e. The minimum atomic E-state index is -0.665. The van der Waals surface area contributed by atoms with Crippen molar-refractivity contribution < 1.29 is 4.79 Å². The lowest BCUT2D eigenvalue weighted by Crippen LogP contribution is -2.25. The fraction of sp³-hybridized carbons (Fsp3) is 0.176. The Morgan fingerprint density at radius 3 is 2.05 bits per heavy atom. The number of nitrogens with two attached hydrogens (primary N) is 1. The Bertz CT molecular complexity index is 643. The van der Waals surface area contributed by atoms with Crippen LogP contribution in [0.2, 0.25) is 0 Å². The van der Waals surface area contributed by atoms with Crippen LogP contribution in [0.5, 0.6) is 0 Å². The number of benzene rings is 2. The van der Waals surface area contributed by atoms with Gasteiger partial charge in [-0.1, -0.05) is 55.5 Å². The number of primary amides is 1. The number of rotatable bonds is 4. The summed E-state index contributed by atoms with van der Waals surface area (Å²) < 4.78 is 0. The lowest BCUT2D eigenvalue weighted by Gasteiger charge is -2.05. The van der Waals surface area contributed by atoms with E-state index in [0.717, 1.165) is 17.5 Å². The van der Waals surface area contributed by atoms with Crippen LogP contribution < -0.4 is 11.2 Å². The third kappa shape index (κ3) is 3.92. The van der Waals surface area contributed by atoms with E-state index < -0.39 is 6.03 Å². The second-order valence-corrected chi connectivity index (χ2v) is 4.80. The summed E-state index contributed by atoms with van der Waals surface area (Å²) in [4.78, 5) is 10.6. The van der Waals surface area contributed by atoms with Crippen molar-refractivity contribution in [2.75, 3.05) is 0 Å². The summed E-state index contributed by atoms with van der Waals surface area (Å²) in [5.41, 5.74) is 12.5. The molecule has 0 aromatic heterocycles. The van der Waals surface area contributed by atoms with Gasteiger partial charge in [-0.2, -0.15) is 5.10 Å². The number of hydrazone groups is 1. The average molecular weight is 281 g/mol. The van der Waals surface area contributed by atoms with Gasteiger partial charge in [0.15, 0.2) is 0 Å². The predicted molar refractivity (Wildman–Crippen MR) is 86.2 cm³/mol. The Balaban J connectivity index is 2.17. The Morgan fingerprint density at radius 1 is 1.05 bits per heavy atom. The van der Waals surface area contributed by atoms with Gasteiger partial charge in [-0.15, -0.1) is 0 Å². The van der Waals surface area contributed by atoms with Crippen LogP contribution >= 0.6 is 0 Å². The van der Waals surface area contributed by atoms with Crippen LogP contribution in [0.1, 0.15) is 25.0 Å². The number of hydrogen-bond acceptors (Lipinski definition) is 2. The number of aryl methyl sites for hydroxylation is 1. The van der Waals surface area contributed by atoms with Gasteiger partial charge in [-0.25, -0.2) is 10.2 Å². The maximum atomic E-state index is 10.6. The fourth-order valence-corrected chi connectivity index (χ4v) is 2.04. The number of carbonyl (C=O) groups is 1. The minimum Gasteiger partial charge on any atom is -0.350 e. The standard InChI is InChI=1S/C17H19N3O/c1-3-13-4-6-15(7-5-13)16-10-8-14(9-11-16)12(2)19-20-17(18)21/h4-11H,3H2,1-2H3,(H3,18,20,21). The van der Waals surface area contributed by atoms with Gasteiger partial charge in [0, 0.05) is 0 Å². The minimum absolute atomic E-state index is 0.665. The molecule has 108 valence electrons. The maximum absolute atomic E-state index is 10.6. The van der Waals surface area contributed by atoms with Crippen LogP contribution in [-0.2, 0) is 6.42 Å². The van der Waals surface area contributed by atoms with E-state index in [-0.39, 0.29) is 0 Å². The molecule has 4 heteroatoms. The molecule has 2 aromatic carbocycles. The van der Waals surface area contributed by atoms with Crippen LogP contribution in [0, 0.1) is 0 Å². The molecule has 0 heterocycles. The SMILES string of the molecule is CCc1ccc(-c2ccc(C(C)=NNC(N)=O)cc2)cc1. The molecule has 3 N–H and O–H groups in total. The second-order valence-electron chi connectivity index (χ2n) is 4.80.